The molecule has 50 heavy (non-hydrogen) atoms. The largest absolute Gasteiger partial charge is 0.372 e. The van der Waals surface area contributed by atoms with Crippen LogP contribution in [0.4, 0.5) is 27.5 Å². The maximum absolute atomic E-state index is 14.2. The van der Waals surface area contributed by atoms with Crippen molar-refractivity contribution in [2.24, 2.45) is 0 Å². The monoisotopic (exact) mass is 676 g/mol. The van der Waals surface area contributed by atoms with Crippen molar-refractivity contribution in [3.63, 3.8) is 0 Å². The number of carbonyl (C=O) groups is 1. The van der Waals surface area contributed by atoms with E-state index in [1.165, 1.54) is 22.7 Å². The molecular weight excluding hydrogens is 617 g/mol. The molecule has 268 valence electrons. The molecule has 0 saturated heterocycles. The van der Waals surface area contributed by atoms with E-state index in [-0.39, 0.29) is 18.1 Å². The van der Waals surface area contributed by atoms with Gasteiger partial charge in [0.25, 0.3) is 0 Å². The molecule has 0 atom stereocenters. The first-order chi connectivity index (χ1) is 24.3. The second-order valence-corrected chi connectivity index (χ2v) is 12.5. The predicted octanol–water partition coefficient (Wildman–Crippen LogP) is 9.25. The molecule has 7 nitrogen and oxygen atoms in total. The van der Waals surface area contributed by atoms with Gasteiger partial charge in [0, 0.05) is 75.1 Å². The third-order valence-electron chi connectivity index (χ3n) is 9.97. The van der Waals surface area contributed by atoms with Crippen molar-refractivity contribution in [3.05, 3.63) is 119 Å². The molecule has 0 aliphatic rings. The van der Waals surface area contributed by atoms with Crippen LogP contribution in [0.25, 0.3) is 0 Å². The van der Waals surface area contributed by atoms with E-state index in [0.717, 1.165) is 74.6 Å². The number of rotatable bonds is 18. The zero-order valence-corrected chi connectivity index (χ0v) is 31.7. The van der Waals surface area contributed by atoms with Crippen LogP contribution in [-0.2, 0) is 0 Å². The molecule has 0 unspecified atom stereocenters. The molecule has 2 N–H and O–H groups in total. The number of amides is 2. The molecule has 0 bridgehead atoms. The van der Waals surface area contributed by atoms with Gasteiger partial charge in [-0.1, -0.05) is 48.5 Å². The van der Waals surface area contributed by atoms with Crippen molar-refractivity contribution in [3.8, 4) is 0 Å². The fourth-order valence-electron chi connectivity index (χ4n) is 6.89. The minimum Gasteiger partial charge on any atom is -0.372 e. The quantitative estimate of drug-likeness (QED) is 0.110. The summed E-state index contributed by atoms with van der Waals surface area (Å²) in [4.78, 5) is 23.5. The third kappa shape index (κ3) is 9.32. The molecule has 0 heterocycles. The molecule has 0 fully saturated rings. The first-order valence-corrected chi connectivity index (χ1v) is 18.8. The summed E-state index contributed by atoms with van der Waals surface area (Å²) in [7, 11) is 0. The summed E-state index contributed by atoms with van der Waals surface area (Å²) in [6.45, 7) is 25.0. The van der Waals surface area contributed by atoms with Crippen molar-refractivity contribution < 1.29 is 4.79 Å². The summed E-state index contributed by atoms with van der Waals surface area (Å²) in [6, 6.07) is 33.6. The van der Waals surface area contributed by atoms with E-state index in [1.54, 1.807) is 0 Å². The standard InChI is InChI=1S/C43H60N6O/c1-9-46(10-2)37-25-17-33(18-26-37)41(34-19-27-38(28-20-34)47(11-3)12-4)44-43(50)45-42(35-21-29-39(30-22-35)48(13-5)14-6)36-23-31-40(32-24-36)49(15-7)16-8/h17-32,41-42H,9-16H2,1-8H3,(H2,44,45,50). The van der Waals surface area contributed by atoms with E-state index < -0.39 is 0 Å². The number of anilines is 4. The Hall–Kier alpha value is -4.65. The molecule has 0 aromatic heterocycles. The maximum Gasteiger partial charge on any atom is 0.316 e. The van der Waals surface area contributed by atoms with Crippen LogP contribution in [0.3, 0.4) is 0 Å². The average Bonchev–Trinajstić information content (AvgIpc) is 3.16. The third-order valence-corrected chi connectivity index (χ3v) is 9.97. The lowest BCUT2D eigenvalue weighted by molar-refractivity contribution is 0.236. The van der Waals surface area contributed by atoms with E-state index in [4.69, 9.17) is 0 Å². The van der Waals surface area contributed by atoms with Gasteiger partial charge in [0.15, 0.2) is 0 Å². The number of benzene rings is 4. The van der Waals surface area contributed by atoms with Crippen molar-refractivity contribution in [2.75, 3.05) is 72.0 Å². The summed E-state index contributed by atoms with van der Waals surface area (Å²) in [5, 5.41) is 6.75. The zero-order valence-electron chi connectivity index (χ0n) is 31.7. The number of urea groups is 1. The van der Waals surface area contributed by atoms with E-state index in [2.05, 4.69) is 183 Å². The number of carbonyl (C=O) groups excluding carboxylic acids is 1. The van der Waals surface area contributed by atoms with Gasteiger partial charge >= 0.3 is 6.03 Å². The normalized spacial score (nSPS) is 11.1. The second kappa shape index (κ2) is 18.9. The summed E-state index contributed by atoms with van der Waals surface area (Å²) >= 11 is 0. The molecule has 4 aromatic rings. The van der Waals surface area contributed by atoms with Crippen molar-refractivity contribution in [1.82, 2.24) is 10.6 Å². The Kier molecular flexibility index (Phi) is 14.4. The molecule has 0 spiro atoms. The van der Waals surface area contributed by atoms with Crippen LogP contribution in [0.5, 0.6) is 0 Å². The predicted molar refractivity (Wildman–Crippen MR) is 215 cm³/mol. The Morgan fingerprint density at radius 1 is 0.380 bits per heavy atom. The second-order valence-electron chi connectivity index (χ2n) is 12.5. The van der Waals surface area contributed by atoms with E-state index >= 15 is 0 Å². The lowest BCUT2D eigenvalue weighted by Gasteiger charge is -2.27. The summed E-state index contributed by atoms with van der Waals surface area (Å²) in [5.41, 5.74) is 8.87. The topological polar surface area (TPSA) is 54.1 Å². The van der Waals surface area contributed by atoms with Gasteiger partial charge in [-0.2, -0.15) is 0 Å². The van der Waals surface area contributed by atoms with Gasteiger partial charge in [-0.3, -0.25) is 0 Å². The van der Waals surface area contributed by atoms with Gasteiger partial charge in [0.05, 0.1) is 12.1 Å². The minimum absolute atomic E-state index is 0.221. The van der Waals surface area contributed by atoms with Crippen LogP contribution in [-0.4, -0.2) is 58.4 Å². The van der Waals surface area contributed by atoms with E-state index in [1.807, 2.05) is 0 Å². The number of nitrogens with zero attached hydrogens (tertiary/aromatic N) is 4. The highest BCUT2D eigenvalue weighted by Gasteiger charge is 2.23. The average molecular weight is 677 g/mol. The number of nitrogens with one attached hydrogen (secondary N) is 2. The smallest absolute Gasteiger partial charge is 0.316 e. The van der Waals surface area contributed by atoms with E-state index in [9.17, 15) is 4.79 Å². The highest BCUT2D eigenvalue weighted by molar-refractivity contribution is 5.76. The molecular formula is C43H60N6O. The maximum atomic E-state index is 14.2. The van der Waals surface area contributed by atoms with Gasteiger partial charge in [0.2, 0.25) is 0 Å². The van der Waals surface area contributed by atoms with Crippen LogP contribution < -0.4 is 30.2 Å². The Labute approximate surface area is 302 Å². The van der Waals surface area contributed by atoms with E-state index in [0.29, 0.717) is 0 Å². The van der Waals surface area contributed by atoms with Crippen LogP contribution in [0, 0.1) is 0 Å². The lowest BCUT2D eigenvalue weighted by Crippen LogP contribution is -2.40. The van der Waals surface area contributed by atoms with Crippen LogP contribution in [0.1, 0.15) is 89.7 Å². The molecule has 4 rings (SSSR count). The molecule has 7 heteroatoms. The number of hydrogen-bond acceptors (Lipinski definition) is 5. The van der Waals surface area contributed by atoms with Crippen molar-refractivity contribution in [2.45, 2.75) is 67.5 Å². The first kappa shape index (κ1) is 38.2. The van der Waals surface area contributed by atoms with Gasteiger partial charge in [-0.25, -0.2) is 4.79 Å². The highest BCUT2D eigenvalue weighted by Crippen LogP contribution is 2.30. The fraction of sp³-hybridized carbons (Fsp3) is 0.419. The van der Waals surface area contributed by atoms with Gasteiger partial charge in [0.1, 0.15) is 0 Å². The van der Waals surface area contributed by atoms with Crippen molar-refractivity contribution >= 4 is 28.8 Å². The SMILES string of the molecule is CCN(CC)c1ccc(C(NC(=O)NC(c2ccc(N(CC)CC)cc2)c2ccc(N(CC)CC)cc2)c2ccc(N(CC)CC)cc2)cc1. The summed E-state index contributed by atoms with van der Waals surface area (Å²) in [6.07, 6.45) is 0. The highest BCUT2D eigenvalue weighted by atomic mass is 16.2. The summed E-state index contributed by atoms with van der Waals surface area (Å²) in [5.74, 6) is 0. The number of hydrogen-bond donors (Lipinski definition) is 2. The van der Waals surface area contributed by atoms with Gasteiger partial charge < -0.3 is 30.2 Å². The molecule has 2 amide bonds. The lowest BCUT2D eigenvalue weighted by atomic mass is 9.97. The summed E-state index contributed by atoms with van der Waals surface area (Å²) < 4.78 is 0. The Bertz CT molecular complexity index is 1320. The Balaban J connectivity index is 1.69. The Morgan fingerprint density at radius 3 is 0.720 bits per heavy atom. The fourth-order valence-corrected chi connectivity index (χ4v) is 6.89. The molecule has 0 aliphatic heterocycles. The first-order valence-electron chi connectivity index (χ1n) is 18.8. The molecule has 0 saturated carbocycles. The van der Waals surface area contributed by atoms with Gasteiger partial charge in [-0.05, 0) is 126 Å². The Morgan fingerprint density at radius 2 is 0.560 bits per heavy atom. The zero-order chi connectivity index (χ0) is 36.0. The van der Waals surface area contributed by atoms with Crippen LogP contribution in [0.15, 0.2) is 97.1 Å². The van der Waals surface area contributed by atoms with Crippen LogP contribution >= 0.6 is 0 Å². The van der Waals surface area contributed by atoms with Crippen molar-refractivity contribution in [1.29, 1.82) is 0 Å². The molecule has 4 aromatic carbocycles. The molecule has 0 aliphatic carbocycles. The molecule has 0 radical (unpaired) electrons. The minimum atomic E-state index is -0.331. The van der Waals surface area contributed by atoms with Gasteiger partial charge in [-0.15, -0.1) is 0 Å². The van der Waals surface area contributed by atoms with Crippen LogP contribution in [0.2, 0.25) is 0 Å².